The number of hydrogen-bond acceptors (Lipinski definition) is 4. The zero-order valence-corrected chi connectivity index (χ0v) is 33.8. The van der Waals surface area contributed by atoms with Crippen LogP contribution in [0, 0.1) is 0 Å². The second-order valence-electron chi connectivity index (χ2n) is 16.4. The molecule has 11 aromatic rings. The molecule has 12 rings (SSSR count). The molecule has 9 aromatic carbocycles. The molecule has 1 aliphatic rings. The maximum Gasteiger partial charge on any atom is 0.164 e. The molecule has 61 heavy (non-hydrogen) atoms. The van der Waals surface area contributed by atoms with Crippen molar-refractivity contribution in [2.75, 3.05) is 4.90 Å². The standard InChI is InChI=1S/C56H39N5/c1-56(2)46-31-16-17-32-48(46)60(40-26-18-23-38(33-40)55-58-53(36-19-6-3-7-20-36)57-54(59-55)37-21-8-4-9-22-37)50-35-49-45(34-47(50)56)51-43-29-14-12-27-41(43)42-28-13-15-30-44(42)52(51)61(49)39-24-10-5-11-25-39/h3-35H,1-2H3. The Labute approximate surface area is 353 Å². The minimum atomic E-state index is -0.300. The van der Waals surface area contributed by atoms with Crippen LogP contribution in [0.15, 0.2) is 200 Å². The van der Waals surface area contributed by atoms with E-state index in [2.05, 4.69) is 187 Å². The van der Waals surface area contributed by atoms with E-state index in [9.17, 15) is 0 Å². The van der Waals surface area contributed by atoms with Crippen LogP contribution in [-0.2, 0) is 5.41 Å². The van der Waals surface area contributed by atoms with Crippen LogP contribution in [0.25, 0.3) is 83.2 Å². The molecule has 0 saturated heterocycles. The van der Waals surface area contributed by atoms with E-state index in [0.29, 0.717) is 17.5 Å². The lowest BCUT2D eigenvalue weighted by atomic mass is 9.73. The number of fused-ring (bicyclic) bond motifs is 10. The van der Waals surface area contributed by atoms with Gasteiger partial charge in [0.2, 0.25) is 0 Å². The van der Waals surface area contributed by atoms with Gasteiger partial charge in [-0.25, -0.2) is 15.0 Å². The van der Waals surface area contributed by atoms with Gasteiger partial charge >= 0.3 is 0 Å². The van der Waals surface area contributed by atoms with Crippen molar-refractivity contribution in [1.82, 2.24) is 19.5 Å². The van der Waals surface area contributed by atoms with E-state index in [1.165, 1.54) is 49.0 Å². The molecule has 5 heteroatoms. The second kappa shape index (κ2) is 13.6. The van der Waals surface area contributed by atoms with E-state index in [4.69, 9.17) is 15.0 Å². The van der Waals surface area contributed by atoms with Crippen molar-refractivity contribution in [3.05, 3.63) is 211 Å². The van der Waals surface area contributed by atoms with Crippen LogP contribution < -0.4 is 4.90 Å². The Bertz CT molecular complexity index is 3440. The minimum Gasteiger partial charge on any atom is -0.310 e. The van der Waals surface area contributed by atoms with Gasteiger partial charge in [0.25, 0.3) is 0 Å². The molecular weight excluding hydrogens is 743 g/mol. The molecular formula is C56H39N5. The Morgan fingerprint density at radius 3 is 1.56 bits per heavy atom. The van der Waals surface area contributed by atoms with Crippen molar-refractivity contribution in [1.29, 1.82) is 0 Å². The fourth-order valence-corrected chi connectivity index (χ4v) is 9.71. The molecule has 0 N–H and O–H groups in total. The summed E-state index contributed by atoms with van der Waals surface area (Å²) in [5.41, 5.74) is 11.9. The van der Waals surface area contributed by atoms with Crippen molar-refractivity contribution in [3.63, 3.8) is 0 Å². The van der Waals surface area contributed by atoms with Gasteiger partial charge in [-0.1, -0.05) is 172 Å². The Morgan fingerprint density at radius 2 is 0.885 bits per heavy atom. The summed E-state index contributed by atoms with van der Waals surface area (Å²) >= 11 is 0. The van der Waals surface area contributed by atoms with Gasteiger partial charge in [0.05, 0.1) is 22.4 Å². The Balaban J connectivity index is 1.14. The summed E-state index contributed by atoms with van der Waals surface area (Å²) in [6.07, 6.45) is 0. The zero-order chi connectivity index (χ0) is 40.7. The van der Waals surface area contributed by atoms with Crippen molar-refractivity contribution in [2.45, 2.75) is 19.3 Å². The van der Waals surface area contributed by atoms with Crippen LogP contribution in [0.2, 0.25) is 0 Å². The van der Waals surface area contributed by atoms with Crippen molar-refractivity contribution < 1.29 is 0 Å². The van der Waals surface area contributed by atoms with Gasteiger partial charge in [-0.05, 0) is 69.8 Å². The Hall–Kier alpha value is -7.89. The highest BCUT2D eigenvalue weighted by Gasteiger charge is 2.38. The largest absolute Gasteiger partial charge is 0.310 e. The van der Waals surface area contributed by atoms with Crippen molar-refractivity contribution in [2.24, 2.45) is 0 Å². The van der Waals surface area contributed by atoms with Crippen LogP contribution in [0.1, 0.15) is 25.0 Å². The first-order chi connectivity index (χ1) is 30.0. The lowest BCUT2D eigenvalue weighted by molar-refractivity contribution is 0.633. The predicted molar refractivity (Wildman–Crippen MR) is 252 cm³/mol. The molecule has 0 amide bonds. The Kier molecular flexibility index (Phi) is 7.81. The fraction of sp³-hybridized carbons (Fsp3) is 0.0536. The lowest BCUT2D eigenvalue weighted by Gasteiger charge is -2.42. The summed E-state index contributed by atoms with van der Waals surface area (Å²) < 4.78 is 2.49. The van der Waals surface area contributed by atoms with Crippen molar-refractivity contribution >= 4 is 60.4 Å². The molecule has 1 aliphatic heterocycles. The van der Waals surface area contributed by atoms with E-state index in [0.717, 1.165) is 45.0 Å². The van der Waals surface area contributed by atoms with Crippen LogP contribution in [0.5, 0.6) is 0 Å². The first-order valence-corrected chi connectivity index (χ1v) is 20.9. The molecule has 288 valence electrons. The number of nitrogens with zero attached hydrogens (tertiary/aromatic N) is 5. The first kappa shape index (κ1) is 35.1. The molecule has 5 nitrogen and oxygen atoms in total. The number of benzene rings is 9. The van der Waals surface area contributed by atoms with Gasteiger partial charge in [-0.15, -0.1) is 0 Å². The molecule has 0 atom stereocenters. The number of para-hydroxylation sites is 2. The van der Waals surface area contributed by atoms with Crippen molar-refractivity contribution in [3.8, 4) is 39.9 Å². The fourth-order valence-electron chi connectivity index (χ4n) is 9.71. The summed E-state index contributed by atoms with van der Waals surface area (Å²) in [4.78, 5) is 17.6. The van der Waals surface area contributed by atoms with Gasteiger partial charge in [-0.2, -0.15) is 0 Å². The minimum absolute atomic E-state index is 0.300. The quantitative estimate of drug-likeness (QED) is 0.163. The summed E-state index contributed by atoms with van der Waals surface area (Å²) in [6, 6.07) is 71.4. The SMILES string of the molecule is CC1(C)c2ccccc2N(c2cccc(-c3nc(-c4ccccc4)nc(-c4ccccc4)n3)c2)c2cc3c(cc21)c1c2ccccc2c2ccccc2c1n3-c1ccccc1. The van der Waals surface area contributed by atoms with Crippen LogP contribution in [-0.4, -0.2) is 19.5 Å². The monoisotopic (exact) mass is 781 g/mol. The van der Waals surface area contributed by atoms with Crippen LogP contribution in [0.4, 0.5) is 17.1 Å². The maximum atomic E-state index is 5.11. The van der Waals surface area contributed by atoms with Gasteiger partial charge in [0.15, 0.2) is 17.5 Å². The van der Waals surface area contributed by atoms with Gasteiger partial charge in [0, 0.05) is 49.6 Å². The molecule has 0 saturated carbocycles. The number of hydrogen-bond donors (Lipinski definition) is 0. The average molecular weight is 782 g/mol. The van der Waals surface area contributed by atoms with Crippen LogP contribution >= 0.6 is 0 Å². The summed E-state index contributed by atoms with van der Waals surface area (Å²) in [7, 11) is 0. The third kappa shape index (κ3) is 5.44. The molecule has 2 aromatic heterocycles. The van der Waals surface area contributed by atoms with Crippen LogP contribution in [0.3, 0.4) is 0 Å². The van der Waals surface area contributed by atoms with E-state index >= 15 is 0 Å². The number of anilines is 3. The summed E-state index contributed by atoms with van der Waals surface area (Å²) in [6.45, 7) is 4.74. The average Bonchev–Trinajstić information content (AvgIpc) is 3.67. The molecule has 0 unspecified atom stereocenters. The maximum absolute atomic E-state index is 5.11. The smallest absolute Gasteiger partial charge is 0.164 e. The third-order valence-electron chi connectivity index (χ3n) is 12.6. The van der Waals surface area contributed by atoms with E-state index in [-0.39, 0.29) is 5.41 Å². The normalized spacial score (nSPS) is 13.2. The van der Waals surface area contributed by atoms with E-state index < -0.39 is 0 Å². The summed E-state index contributed by atoms with van der Waals surface area (Å²) in [5.74, 6) is 1.90. The lowest BCUT2D eigenvalue weighted by Crippen LogP contribution is -2.30. The van der Waals surface area contributed by atoms with Gasteiger partial charge in [0.1, 0.15) is 0 Å². The third-order valence-corrected chi connectivity index (χ3v) is 12.6. The number of aromatic nitrogens is 4. The molecule has 0 radical (unpaired) electrons. The van der Waals surface area contributed by atoms with E-state index in [1.807, 2.05) is 36.4 Å². The Morgan fingerprint density at radius 1 is 0.377 bits per heavy atom. The van der Waals surface area contributed by atoms with Gasteiger partial charge in [-0.3, -0.25) is 0 Å². The first-order valence-electron chi connectivity index (χ1n) is 20.9. The van der Waals surface area contributed by atoms with E-state index in [1.54, 1.807) is 0 Å². The topological polar surface area (TPSA) is 46.8 Å². The number of rotatable bonds is 5. The predicted octanol–water partition coefficient (Wildman–Crippen LogP) is 14.4. The second-order valence-corrected chi connectivity index (χ2v) is 16.4. The zero-order valence-electron chi connectivity index (χ0n) is 33.8. The highest BCUT2D eigenvalue weighted by molar-refractivity contribution is 6.32. The highest BCUT2D eigenvalue weighted by atomic mass is 15.2. The molecule has 3 heterocycles. The molecule has 0 bridgehead atoms. The highest BCUT2D eigenvalue weighted by Crippen LogP contribution is 2.54. The molecule has 0 fully saturated rings. The molecule has 0 spiro atoms. The summed E-state index contributed by atoms with van der Waals surface area (Å²) in [5, 5.41) is 7.54. The van der Waals surface area contributed by atoms with Gasteiger partial charge < -0.3 is 9.47 Å². The molecule has 0 aliphatic carbocycles.